The number of nitrogens with zero attached hydrogens (tertiary/aromatic N) is 1. The van der Waals surface area contributed by atoms with Gasteiger partial charge in [0, 0.05) is 24.8 Å². The van der Waals surface area contributed by atoms with Crippen LogP contribution in [0.2, 0.25) is 0 Å². The predicted octanol–water partition coefficient (Wildman–Crippen LogP) is 0.595. The molecule has 0 aliphatic carbocycles. The summed E-state index contributed by atoms with van der Waals surface area (Å²) in [7, 11) is 3.11. The molecule has 2 amide bonds. The Kier molecular flexibility index (Phi) is 3.90. The minimum atomic E-state index is -0.218. The molecule has 0 aromatic carbocycles. The molecule has 15 heavy (non-hydrogen) atoms. The van der Waals surface area contributed by atoms with Crippen molar-refractivity contribution in [1.82, 2.24) is 15.2 Å². The molecule has 1 aromatic rings. The maximum Gasteiger partial charge on any atom is 0.270 e. The number of nitrogens with one attached hydrogen (secondary N) is 2. The van der Waals surface area contributed by atoms with Gasteiger partial charge in [0.25, 0.3) is 5.91 Å². The molecular formula is C9H12BrN3O2. The van der Waals surface area contributed by atoms with Gasteiger partial charge >= 0.3 is 0 Å². The summed E-state index contributed by atoms with van der Waals surface area (Å²) < 4.78 is 0.805. The van der Waals surface area contributed by atoms with Crippen molar-refractivity contribution in [3.63, 3.8) is 0 Å². The molecule has 6 heteroatoms. The second-order valence-electron chi connectivity index (χ2n) is 3.07. The van der Waals surface area contributed by atoms with E-state index in [9.17, 15) is 9.59 Å². The molecule has 82 valence electrons. The van der Waals surface area contributed by atoms with Crippen LogP contribution < -0.4 is 5.32 Å². The molecule has 0 unspecified atom stereocenters. The average Bonchev–Trinajstić information content (AvgIpc) is 2.63. The lowest BCUT2D eigenvalue weighted by molar-refractivity contribution is -0.121. The number of rotatable bonds is 3. The molecule has 0 aliphatic rings. The Morgan fingerprint density at radius 1 is 1.60 bits per heavy atom. The topological polar surface area (TPSA) is 65.2 Å². The lowest BCUT2D eigenvalue weighted by Gasteiger charge is -2.14. The van der Waals surface area contributed by atoms with Gasteiger partial charge in [-0.15, -0.1) is 0 Å². The highest BCUT2D eigenvalue weighted by molar-refractivity contribution is 9.10. The lowest BCUT2D eigenvalue weighted by Crippen LogP contribution is -2.37. The van der Waals surface area contributed by atoms with Gasteiger partial charge in [0.2, 0.25) is 5.91 Å². The fourth-order valence-corrected chi connectivity index (χ4v) is 1.41. The standard InChI is InChI=1S/C9H12BrN3O2/c1-11-8(14)5-13(2)9(15)7-3-6(10)4-12-7/h3-4,12H,5H2,1-2H3,(H,11,14). The van der Waals surface area contributed by atoms with E-state index >= 15 is 0 Å². The van der Waals surface area contributed by atoms with Crippen LogP contribution in [-0.2, 0) is 4.79 Å². The number of amides is 2. The second-order valence-corrected chi connectivity index (χ2v) is 3.98. The number of carbonyl (C=O) groups is 2. The molecule has 2 N–H and O–H groups in total. The molecule has 0 saturated heterocycles. The van der Waals surface area contributed by atoms with Crippen molar-refractivity contribution >= 4 is 27.7 Å². The normalized spacial score (nSPS) is 9.80. The van der Waals surface area contributed by atoms with E-state index in [1.165, 1.54) is 11.9 Å². The minimum absolute atomic E-state index is 0.0476. The van der Waals surface area contributed by atoms with E-state index in [1.807, 2.05) is 0 Å². The van der Waals surface area contributed by atoms with Crippen LogP contribution in [0.3, 0.4) is 0 Å². The Balaban J connectivity index is 2.64. The summed E-state index contributed by atoms with van der Waals surface area (Å²) in [5, 5.41) is 2.46. The highest BCUT2D eigenvalue weighted by Crippen LogP contribution is 2.11. The van der Waals surface area contributed by atoms with Crippen LogP contribution in [0.1, 0.15) is 10.5 Å². The molecule has 0 radical (unpaired) electrons. The largest absolute Gasteiger partial charge is 0.358 e. The van der Waals surface area contributed by atoms with E-state index in [2.05, 4.69) is 26.2 Å². The first-order valence-electron chi connectivity index (χ1n) is 4.34. The quantitative estimate of drug-likeness (QED) is 0.847. The Morgan fingerprint density at radius 3 is 2.73 bits per heavy atom. The van der Waals surface area contributed by atoms with Crippen molar-refractivity contribution in [3.8, 4) is 0 Å². The van der Waals surface area contributed by atoms with Crippen molar-refractivity contribution in [2.24, 2.45) is 0 Å². The van der Waals surface area contributed by atoms with E-state index in [-0.39, 0.29) is 18.4 Å². The van der Waals surface area contributed by atoms with Crippen LogP contribution in [0.5, 0.6) is 0 Å². The van der Waals surface area contributed by atoms with E-state index in [0.717, 1.165) is 4.47 Å². The number of aromatic amines is 1. The first-order valence-corrected chi connectivity index (χ1v) is 5.14. The van der Waals surface area contributed by atoms with Crippen LogP contribution in [0, 0.1) is 0 Å². The first kappa shape index (κ1) is 11.8. The van der Waals surface area contributed by atoms with Crippen molar-refractivity contribution in [1.29, 1.82) is 0 Å². The number of likely N-dealkylation sites (N-methyl/N-ethyl adjacent to an activating group) is 2. The third-order valence-corrected chi connectivity index (χ3v) is 2.34. The average molecular weight is 274 g/mol. The van der Waals surface area contributed by atoms with Crippen LogP contribution in [0.15, 0.2) is 16.7 Å². The van der Waals surface area contributed by atoms with E-state index in [1.54, 1.807) is 19.3 Å². The molecule has 1 rings (SSSR count). The molecule has 1 heterocycles. The van der Waals surface area contributed by atoms with Gasteiger partial charge in [0.15, 0.2) is 0 Å². The number of hydrogen-bond acceptors (Lipinski definition) is 2. The van der Waals surface area contributed by atoms with Gasteiger partial charge < -0.3 is 15.2 Å². The first-order chi connectivity index (χ1) is 7.04. The Morgan fingerprint density at radius 2 is 2.27 bits per heavy atom. The monoisotopic (exact) mass is 273 g/mol. The van der Waals surface area contributed by atoms with Crippen LogP contribution in [0.4, 0.5) is 0 Å². The van der Waals surface area contributed by atoms with Gasteiger partial charge in [-0.3, -0.25) is 9.59 Å². The van der Waals surface area contributed by atoms with Crippen molar-refractivity contribution < 1.29 is 9.59 Å². The Bertz CT molecular complexity index is 375. The molecule has 0 aliphatic heterocycles. The highest BCUT2D eigenvalue weighted by atomic mass is 79.9. The van der Waals surface area contributed by atoms with Gasteiger partial charge in [0.05, 0.1) is 6.54 Å². The number of hydrogen-bond donors (Lipinski definition) is 2. The van der Waals surface area contributed by atoms with E-state index in [4.69, 9.17) is 0 Å². The zero-order valence-electron chi connectivity index (χ0n) is 8.50. The number of H-pyrrole nitrogens is 1. The van der Waals surface area contributed by atoms with Gasteiger partial charge in [-0.25, -0.2) is 0 Å². The molecular weight excluding hydrogens is 262 g/mol. The predicted molar refractivity (Wildman–Crippen MR) is 59.5 cm³/mol. The summed E-state index contributed by atoms with van der Waals surface area (Å²) in [6, 6.07) is 1.67. The zero-order chi connectivity index (χ0) is 11.4. The van der Waals surface area contributed by atoms with Crippen LogP contribution in [-0.4, -0.2) is 42.3 Å². The van der Waals surface area contributed by atoms with Gasteiger partial charge in [-0.2, -0.15) is 0 Å². The summed E-state index contributed by atoms with van der Waals surface area (Å²) in [6.45, 7) is 0.0476. The SMILES string of the molecule is CNC(=O)CN(C)C(=O)c1cc(Br)c[nH]1. The smallest absolute Gasteiger partial charge is 0.270 e. The van der Waals surface area contributed by atoms with Crippen molar-refractivity contribution in [2.75, 3.05) is 20.6 Å². The lowest BCUT2D eigenvalue weighted by atomic mass is 10.3. The number of carbonyl (C=O) groups excluding carboxylic acids is 2. The van der Waals surface area contributed by atoms with Gasteiger partial charge in [0.1, 0.15) is 5.69 Å². The van der Waals surface area contributed by atoms with Crippen molar-refractivity contribution in [3.05, 3.63) is 22.4 Å². The second kappa shape index (κ2) is 4.97. The molecule has 0 fully saturated rings. The maximum absolute atomic E-state index is 11.7. The summed E-state index contributed by atoms with van der Waals surface area (Å²) in [5.41, 5.74) is 0.452. The summed E-state index contributed by atoms with van der Waals surface area (Å²) >= 11 is 3.23. The summed E-state index contributed by atoms with van der Waals surface area (Å²) in [4.78, 5) is 26.9. The van der Waals surface area contributed by atoms with Crippen LogP contribution in [0.25, 0.3) is 0 Å². The number of halogens is 1. The molecule has 5 nitrogen and oxygen atoms in total. The fourth-order valence-electron chi connectivity index (χ4n) is 1.06. The van der Waals surface area contributed by atoms with Gasteiger partial charge in [-0.1, -0.05) is 0 Å². The fraction of sp³-hybridized carbons (Fsp3) is 0.333. The molecule has 0 spiro atoms. The summed E-state index contributed by atoms with van der Waals surface area (Å²) in [5.74, 6) is -0.416. The van der Waals surface area contributed by atoms with Crippen molar-refractivity contribution in [2.45, 2.75) is 0 Å². The molecule has 0 atom stereocenters. The van der Waals surface area contributed by atoms with E-state index < -0.39 is 0 Å². The zero-order valence-corrected chi connectivity index (χ0v) is 10.1. The maximum atomic E-state index is 11.7. The molecule has 0 bridgehead atoms. The highest BCUT2D eigenvalue weighted by Gasteiger charge is 2.15. The third kappa shape index (κ3) is 3.09. The Labute approximate surface area is 96.0 Å². The van der Waals surface area contributed by atoms with E-state index in [0.29, 0.717) is 5.69 Å². The van der Waals surface area contributed by atoms with Gasteiger partial charge in [-0.05, 0) is 22.0 Å². The molecule has 1 aromatic heterocycles. The Hall–Kier alpha value is -1.30. The minimum Gasteiger partial charge on any atom is -0.358 e. The van der Waals surface area contributed by atoms with Crippen LogP contribution >= 0.6 is 15.9 Å². The molecule has 0 saturated carbocycles. The summed E-state index contributed by atoms with van der Waals surface area (Å²) in [6.07, 6.45) is 1.67. The number of aromatic nitrogens is 1. The third-order valence-electron chi connectivity index (χ3n) is 1.88.